The molecule has 6 rings (SSSR count). The third-order valence-electron chi connectivity index (χ3n) is 7.58. The number of β-amino-alcohol motifs (C(OH)–C–C–N with tert-alkyl or cyclic N) is 1. The van der Waals surface area contributed by atoms with Crippen molar-refractivity contribution in [2.24, 2.45) is 10.9 Å². The maximum Gasteiger partial charge on any atom is 0.251 e. The average Bonchev–Trinajstić information content (AvgIpc) is 3.66. The van der Waals surface area contributed by atoms with Gasteiger partial charge in [0, 0.05) is 43.5 Å². The average molecular weight is 544 g/mol. The summed E-state index contributed by atoms with van der Waals surface area (Å²) in [5.74, 6) is -2.80. The van der Waals surface area contributed by atoms with Gasteiger partial charge in [-0.2, -0.15) is 4.98 Å². The van der Waals surface area contributed by atoms with Crippen molar-refractivity contribution in [3.8, 4) is 0 Å². The number of nitrogens with one attached hydrogen (secondary N) is 1. The normalized spacial score (nSPS) is 23.5. The van der Waals surface area contributed by atoms with Crippen LogP contribution in [0.5, 0.6) is 0 Å². The van der Waals surface area contributed by atoms with Crippen molar-refractivity contribution in [3.63, 3.8) is 0 Å². The fourth-order valence-corrected chi connectivity index (χ4v) is 5.52. The first-order chi connectivity index (χ1) is 18.9. The van der Waals surface area contributed by atoms with Gasteiger partial charge in [-0.15, -0.1) is 0 Å². The standard InChI is InChI=1S/C26H28F3N7O3/c27-15-9-19(28)22(20(29)10-15)33-26-32-21-11-30-25(34-23(21)36(26)17-6-8-39-13-17)31-16-3-1-14(2-4-16)24(38)35-7-5-18(37)12-35/h9-11,14,17-18,37H,1-8,12-13H2,(H,32,33)/t14?,17-,18+/m0/s1. The second kappa shape index (κ2) is 10.5. The highest BCUT2D eigenvalue weighted by molar-refractivity contribution is 5.90. The highest BCUT2D eigenvalue weighted by Gasteiger charge is 2.32. The summed E-state index contributed by atoms with van der Waals surface area (Å²) in [5.41, 5.74) is 1.21. The van der Waals surface area contributed by atoms with Crippen molar-refractivity contribution in [2.75, 3.05) is 31.6 Å². The maximum atomic E-state index is 14.4. The van der Waals surface area contributed by atoms with E-state index >= 15 is 0 Å². The molecule has 1 aromatic carbocycles. The molecule has 2 saturated heterocycles. The van der Waals surface area contributed by atoms with Gasteiger partial charge in [-0.25, -0.2) is 28.1 Å². The Kier molecular flexibility index (Phi) is 6.94. The predicted molar refractivity (Wildman–Crippen MR) is 136 cm³/mol. The van der Waals surface area contributed by atoms with Crippen LogP contribution in [0.15, 0.2) is 23.3 Å². The molecule has 3 aromatic rings. The van der Waals surface area contributed by atoms with E-state index in [1.165, 1.54) is 6.20 Å². The number of aliphatic hydroxyl groups excluding tert-OH is 1. The fraction of sp³-hybridized carbons (Fsp3) is 0.500. The van der Waals surface area contributed by atoms with Gasteiger partial charge in [-0.1, -0.05) is 0 Å². The molecule has 0 unspecified atom stereocenters. The molecule has 0 radical (unpaired) electrons. The molecule has 1 aliphatic carbocycles. The van der Waals surface area contributed by atoms with Gasteiger partial charge in [0.05, 0.1) is 24.9 Å². The second-order valence-corrected chi connectivity index (χ2v) is 10.3. The smallest absolute Gasteiger partial charge is 0.251 e. The van der Waals surface area contributed by atoms with Crippen LogP contribution in [0.25, 0.3) is 11.2 Å². The number of aromatic nitrogens is 4. The van der Waals surface area contributed by atoms with E-state index in [1.807, 2.05) is 0 Å². The Hall–Kier alpha value is -3.58. The number of imidazole rings is 1. The fourth-order valence-electron chi connectivity index (χ4n) is 5.52. The molecule has 2 atom stereocenters. The zero-order valence-corrected chi connectivity index (χ0v) is 21.1. The SMILES string of the molecule is O=C(C1CCC(=Nc2ncc3nc(Nc4c(F)cc(F)cc4F)n([C@H]4CCOC4)c3n2)CC1)N1CC[C@@H](O)C1. The molecular formula is C26H28F3N7O3. The van der Waals surface area contributed by atoms with Crippen LogP contribution in [0.3, 0.4) is 0 Å². The number of fused-ring (bicyclic) bond motifs is 1. The Morgan fingerprint density at radius 2 is 1.87 bits per heavy atom. The van der Waals surface area contributed by atoms with E-state index in [0.29, 0.717) is 88.1 Å². The molecule has 13 heteroatoms. The number of ether oxygens (including phenoxy) is 1. The second-order valence-electron chi connectivity index (χ2n) is 10.3. The highest BCUT2D eigenvalue weighted by Crippen LogP contribution is 2.33. The first-order valence-corrected chi connectivity index (χ1v) is 13.1. The number of carbonyl (C=O) groups is 1. The third-order valence-corrected chi connectivity index (χ3v) is 7.58. The van der Waals surface area contributed by atoms with Crippen molar-refractivity contribution in [2.45, 2.75) is 50.7 Å². The summed E-state index contributed by atoms with van der Waals surface area (Å²) in [5, 5.41) is 12.4. The van der Waals surface area contributed by atoms with Gasteiger partial charge in [0.25, 0.3) is 5.95 Å². The minimum Gasteiger partial charge on any atom is -0.391 e. The lowest BCUT2D eigenvalue weighted by Crippen LogP contribution is -2.36. The van der Waals surface area contributed by atoms with Gasteiger partial charge in [0.2, 0.25) is 11.9 Å². The summed E-state index contributed by atoms with van der Waals surface area (Å²) in [6, 6.07) is 1.01. The van der Waals surface area contributed by atoms with Crippen LogP contribution in [-0.4, -0.2) is 73.6 Å². The first kappa shape index (κ1) is 25.7. The third kappa shape index (κ3) is 5.20. The number of halogens is 3. The van der Waals surface area contributed by atoms with Crippen LogP contribution in [0.2, 0.25) is 0 Å². The number of hydrogen-bond acceptors (Lipinski definition) is 8. The molecule has 0 spiro atoms. The number of benzene rings is 1. The Labute approximate surface area is 221 Å². The van der Waals surface area contributed by atoms with Crippen LogP contribution in [0.4, 0.5) is 30.8 Å². The number of aliphatic hydroxyl groups is 1. The van der Waals surface area contributed by atoms with Gasteiger partial charge < -0.3 is 20.1 Å². The van der Waals surface area contributed by atoms with E-state index in [9.17, 15) is 23.1 Å². The Bertz CT molecular complexity index is 1410. The molecule has 2 aromatic heterocycles. The van der Waals surface area contributed by atoms with Crippen molar-refractivity contribution in [3.05, 3.63) is 35.8 Å². The van der Waals surface area contributed by atoms with E-state index < -0.39 is 29.2 Å². The molecule has 0 bridgehead atoms. The minimum atomic E-state index is -1.08. The van der Waals surface area contributed by atoms with Gasteiger partial charge in [0.15, 0.2) is 17.3 Å². The Morgan fingerprint density at radius 3 is 2.54 bits per heavy atom. The molecule has 1 saturated carbocycles. The molecule has 2 N–H and O–H groups in total. The van der Waals surface area contributed by atoms with E-state index in [0.717, 1.165) is 5.71 Å². The first-order valence-electron chi connectivity index (χ1n) is 13.1. The van der Waals surface area contributed by atoms with Crippen molar-refractivity contribution >= 4 is 40.4 Å². The zero-order chi connectivity index (χ0) is 27.1. The van der Waals surface area contributed by atoms with Crippen LogP contribution >= 0.6 is 0 Å². The zero-order valence-electron chi connectivity index (χ0n) is 21.1. The molecule has 39 heavy (non-hydrogen) atoms. The molecule has 1 amide bonds. The highest BCUT2D eigenvalue weighted by atomic mass is 19.1. The van der Waals surface area contributed by atoms with E-state index in [1.54, 1.807) is 9.47 Å². The number of carbonyl (C=O) groups excluding carboxylic acids is 1. The summed E-state index contributed by atoms with van der Waals surface area (Å²) in [6.07, 6.45) is 4.96. The number of anilines is 2. The largest absolute Gasteiger partial charge is 0.391 e. The topological polar surface area (TPSA) is 118 Å². The molecule has 206 valence electrons. The lowest BCUT2D eigenvalue weighted by Gasteiger charge is -2.26. The summed E-state index contributed by atoms with van der Waals surface area (Å²) in [7, 11) is 0. The van der Waals surface area contributed by atoms with Crippen molar-refractivity contribution in [1.29, 1.82) is 0 Å². The van der Waals surface area contributed by atoms with Crippen molar-refractivity contribution < 1.29 is 27.8 Å². The molecule has 2 aliphatic heterocycles. The number of hydrogen-bond donors (Lipinski definition) is 2. The lowest BCUT2D eigenvalue weighted by atomic mass is 9.87. The number of aliphatic imine (C=N–C) groups is 1. The van der Waals surface area contributed by atoms with E-state index in [4.69, 9.17) is 4.74 Å². The molecule has 4 heterocycles. The van der Waals surface area contributed by atoms with Crippen LogP contribution in [0.1, 0.15) is 44.6 Å². The van der Waals surface area contributed by atoms with Gasteiger partial charge in [-0.3, -0.25) is 9.36 Å². The summed E-state index contributed by atoms with van der Waals surface area (Å²) in [4.78, 5) is 32.6. The minimum absolute atomic E-state index is 0.0812. The number of likely N-dealkylation sites (tertiary alicyclic amines) is 1. The number of nitrogens with zero attached hydrogens (tertiary/aromatic N) is 6. The maximum absolute atomic E-state index is 14.4. The van der Waals surface area contributed by atoms with Crippen molar-refractivity contribution in [1.82, 2.24) is 24.4 Å². The summed E-state index contributed by atoms with van der Waals surface area (Å²) < 4.78 is 49.4. The molecular weight excluding hydrogens is 515 g/mol. The summed E-state index contributed by atoms with van der Waals surface area (Å²) >= 11 is 0. The Balaban J connectivity index is 1.25. The quantitative estimate of drug-likeness (QED) is 0.503. The number of rotatable bonds is 5. The summed E-state index contributed by atoms with van der Waals surface area (Å²) in [6.45, 7) is 1.88. The van der Waals surface area contributed by atoms with Gasteiger partial charge >= 0.3 is 0 Å². The predicted octanol–water partition coefficient (Wildman–Crippen LogP) is 3.80. The molecule has 3 aliphatic rings. The lowest BCUT2D eigenvalue weighted by molar-refractivity contribution is -0.135. The number of amides is 1. The van der Waals surface area contributed by atoms with Crippen LogP contribution in [0, 0.1) is 23.4 Å². The van der Waals surface area contributed by atoms with Crippen LogP contribution < -0.4 is 5.32 Å². The van der Waals surface area contributed by atoms with Gasteiger partial charge in [-0.05, 0) is 38.5 Å². The Morgan fingerprint density at radius 1 is 1.10 bits per heavy atom. The molecule has 10 nitrogen and oxygen atoms in total. The van der Waals surface area contributed by atoms with Crippen LogP contribution in [-0.2, 0) is 9.53 Å². The van der Waals surface area contributed by atoms with E-state index in [2.05, 4.69) is 25.3 Å². The van der Waals surface area contributed by atoms with E-state index in [-0.39, 0.29) is 29.8 Å². The monoisotopic (exact) mass is 543 g/mol. The van der Waals surface area contributed by atoms with Gasteiger partial charge in [0.1, 0.15) is 17.0 Å². The molecule has 3 fully saturated rings.